The molecular weight excluding hydrogens is 290 g/mol. The van der Waals surface area contributed by atoms with Crippen LogP contribution in [0.4, 0.5) is 0 Å². The highest BCUT2D eigenvalue weighted by atomic mass is 32.1. The average Bonchev–Trinajstić information content (AvgIpc) is 2.47. The lowest BCUT2D eigenvalue weighted by atomic mass is 9.80. The molecule has 118 valence electrons. The van der Waals surface area contributed by atoms with Gasteiger partial charge in [-0.2, -0.15) is 0 Å². The monoisotopic (exact) mass is 316 g/mol. The van der Waals surface area contributed by atoms with E-state index in [4.69, 9.17) is 12.2 Å². The van der Waals surface area contributed by atoms with Gasteiger partial charge in [-0.3, -0.25) is 0 Å². The fraction of sp³-hybridized carbons (Fsp3) is 0.500. The molecule has 2 unspecified atom stereocenters. The molecule has 1 aromatic carbocycles. The highest BCUT2D eigenvalue weighted by Crippen LogP contribution is 2.37. The van der Waals surface area contributed by atoms with Gasteiger partial charge in [-0.25, -0.2) is 0 Å². The van der Waals surface area contributed by atoms with Crippen molar-refractivity contribution in [3.05, 3.63) is 46.7 Å². The smallest absolute Gasteiger partial charge is 0.171 e. The van der Waals surface area contributed by atoms with Crippen molar-refractivity contribution in [2.24, 2.45) is 5.92 Å². The topological polar surface area (TPSA) is 28.5 Å². The molecule has 4 heteroatoms. The first-order valence-corrected chi connectivity index (χ1v) is 8.61. The summed E-state index contributed by atoms with van der Waals surface area (Å²) in [6, 6.07) is 9.07. The Morgan fingerprint density at radius 2 is 1.95 bits per heavy atom. The van der Waals surface area contributed by atoms with Crippen LogP contribution in [0.25, 0.3) is 0 Å². The van der Waals surface area contributed by atoms with E-state index < -0.39 is 0 Å². The van der Waals surface area contributed by atoms with Gasteiger partial charge in [-0.15, -0.1) is 0 Å². The Morgan fingerprint density at radius 1 is 1.23 bits per heavy atom. The lowest BCUT2D eigenvalue weighted by Crippen LogP contribution is -3.06. The Labute approximate surface area is 138 Å². The second-order valence-corrected chi connectivity index (χ2v) is 7.29. The Balaban J connectivity index is 1.96. The number of hydrogen-bond acceptors (Lipinski definition) is 1. The highest BCUT2D eigenvalue weighted by Gasteiger charge is 2.33. The minimum atomic E-state index is 0.240. The molecule has 1 aromatic rings. The summed E-state index contributed by atoms with van der Waals surface area (Å²) in [7, 11) is 4.46. The predicted octanol–water partition coefficient (Wildman–Crippen LogP) is 1.71. The molecule has 0 amide bonds. The number of hydrogen-bond donors (Lipinski definition) is 3. The maximum Gasteiger partial charge on any atom is 0.171 e. The summed E-state index contributed by atoms with van der Waals surface area (Å²) in [5.41, 5.74) is 5.52. The molecule has 3 rings (SSSR count). The van der Waals surface area contributed by atoms with Crippen LogP contribution in [0.5, 0.6) is 0 Å². The van der Waals surface area contributed by atoms with Crippen molar-refractivity contribution < 1.29 is 4.90 Å². The minimum absolute atomic E-state index is 0.240. The molecule has 0 bridgehead atoms. The Hall–Kier alpha value is -1.39. The molecule has 3 N–H and O–H groups in total. The van der Waals surface area contributed by atoms with Crippen molar-refractivity contribution in [1.29, 1.82) is 0 Å². The predicted molar refractivity (Wildman–Crippen MR) is 94.8 cm³/mol. The largest absolute Gasteiger partial charge is 0.352 e. The van der Waals surface area contributed by atoms with Gasteiger partial charge >= 0.3 is 0 Å². The molecule has 0 spiro atoms. The van der Waals surface area contributed by atoms with E-state index in [2.05, 4.69) is 55.9 Å². The molecule has 22 heavy (non-hydrogen) atoms. The first-order chi connectivity index (χ1) is 10.5. The van der Waals surface area contributed by atoms with Gasteiger partial charge < -0.3 is 15.5 Å². The van der Waals surface area contributed by atoms with Crippen LogP contribution < -0.4 is 15.5 Å². The maximum absolute atomic E-state index is 5.48. The quantitative estimate of drug-likeness (QED) is 0.742. The summed E-state index contributed by atoms with van der Waals surface area (Å²) in [5.74, 6) is 0.599. The van der Waals surface area contributed by atoms with E-state index >= 15 is 0 Å². The van der Waals surface area contributed by atoms with Gasteiger partial charge in [0.05, 0.1) is 26.7 Å². The van der Waals surface area contributed by atoms with Gasteiger partial charge in [0.1, 0.15) is 0 Å². The van der Waals surface area contributed by atoms with Crippen molar-refractivity contribution in [1.82, 2.24) is 10.6 Å². The van der Waals surface area contributed by atoms with Crippen LogP contribution in [-0.2, 0) is 0 Å². The Morgan fingerprint density at radius 3 is 2.64 bits per heavy atom. The molecule has 0 saturated heterocycles. The maximum atomic E-state index is 5.48. The number of rotatable bonds is 3. The van der Waals surface area contributed by atoms with E-state index in [0.717, 1.165) is 18.1 Å². The third-order valence-corrected chi connectivity index (χ3v) is 4.91. The lowest BCUT2D eigenvalue weighted by molar-refractivity contribution is -0.861. The first kappa shape index (κ1) is 15.5. The molecule has 0 aromatic heterocycles. The zero-order valence-electron chi connectivity index (χ0n) is 13.7. The second-order valence-electron chi connectivity index (χ2n) is 6.88. The van der Waals surface area contributed by atoms with Gasteiger partial charge in [0, 0.05) is 11.6 Å². The van der Waals surface area contributed by atoms with Crippen molar-refractivity contribution in [2.45, 2.75) is 32.2 Å². The van der Waals surface area contributed by atoms with Crippen LogP contribution in [0.2, 0.25) is 0 Å². The van der Waals surface area contributed by atoms with E-state index in [9.17, 15) is 0 Å². The molecule has 1 aliphatic carbocycles. The molecule has 2 atom stereocenters. The number of benzene rings is 1. The molecule has 0 radical (unpaired) electrons. The average molecular weight is 316 g/mol. The van der Waals surface area contributed by atoms with E-state index in [0.29, 0.717) is 5.92 Å². The number of nitrogens with one attached hydrogen (secondary N) is 3. The van der Waals surface area contributed by atoms with Gasteiger partial charge in [-0.1, -0.05) is 29.8 Å². The summed E-state index contributed by atoms with van der Waals surface area (Å²) in [4.78, 5) is 1.50. The van der Waals surface area contributed by atoms with E-state index in [-0.39, 0.29) is 6.04 Å². The van der Waals surface area contributed by atoms with Gasteiger partial charge in [0.25, 0.3) is 0 Å². The first-order valence-electron chi connectivity index (χ1n) is 8.20. The fourth-order valence-corrected chi connectivity index (χ4v) is 3.91. The summed E-state index contributed by atoms with van der Waals surface area (Å²) in [5, 5.41) is 7.72. The Kier molecular flexibility index (Phi) is 4.50. The SMILES string of the molecule is Cc1ccc(C2NC(=S)NC3=C2CCCC3C[NH+](C)C)cc1. The molecule has 0 saturated carbocycles. The normalized spacial score (nSPS) is 24.8. The third-order valence-electron chi connectivity index (χ3n) is 4.69. The van der Waals surface area contributed by atoms with Gasteiger partial charge in [0.15, 0.2) is 5.11 Å². The lowest BCUT2D eigenvalue weighted by Gasteiger charge is -2.38. The van der Waals surface area contributed by atoms with Crippen molar-refractivity contribution in [3.8, 4) is 0 Å². The van der Waals surface area contributed by atoms with Gasteiger partial charge in [-0.05, 0) is 49.5 Å². The number of aryl methyl sites for hydroxylation is 1. The fourth-order valence-electron chi connectivity index (χ4n) is 3.68. The van der Waals surface area contributed by atoms with E-state index in [1.165, 1.54) is 40.1 Å². The number of quaternary nitrogens is 1. The Bertz CT molecular complexity index is 589. The summed E-state index contributed by atoms with van der Waals surface area (Å²) >= 11 is 5.48. The molecule has 1 heterocycles. The standard InChI is InChI=1S/C18H25N3S/c1-12-7-9-13(10-8-12)16-15-6-4-5-14(11-21(2)3)17(15)20-18(22)19-16/h7-10,14,16H,4-6,11H2,1-3H3,(H2,19,20,22)/p+1. The van der Waals surface area contributed by atoms with Crippen LogP contribution in [0.15, 0.2) is 35.5 Å². The molecular formula is C18H26N3S+. The van der Waals surface area contributed by atoms with Crippen molar-refractivity contribution >= 4 is 17.3 Å². The summed E-state index contributed by atoms with van der Waals surface area (Å²) < 4.78 is 0. The van der Waals surface area contributed by atoms with Crippen LogP contribution in [0.3, 0.4) is 0 Å². The molecule has 0 fully saturated rings. The van der Waals surface area contributed by atoms with E-state index in [1.54, 1.807) is 0 Å². The number of thiocarbonyl (C=S) groups is 1. The van der Waals surface area contributed by atoms with Crippen LogP contribution in [-0.4, -0.2) is 25.8 Å². The molecule has 1 aliphatic heterocycles. The molecule has 3 nitrogen and oxygen atoms in total. The zero-order valence-corrected chi connectivity index (χ0v) is 14.5. The van der Waals surface area contributed by atoms with Crippen LogP contribution >= 0.6 is 12.2 Å². The van der Waals surface area contributed by atoms with E-state index in [1.807, 2.05) is 0 Å². The second kappa shape index (κ2) is 6.39. The minimum Gasteiger partial charge on any atom is -0.352 e. The zero-order chi connectivity index (χ0) is 15.7. The third kappa shape index (κ3) is 3.18. The summed E-state index contributed by atoms with van der Waals surface area (Å²) in [6.45, 7) is 3.29. The highest BCUT2D eigenvalue weighted by molar-refractivity contribution is 7.80. The summed E-state index contributed by atoms with van der Waals surface area (Å²) in [6.07, 6.45) is 3.70. The van der Waals surface area contributed by atoms with Gasteiger partial charge in [0.2, 0.25) is 0 Å². The van der Waals surface area contributed by atoms with Crippen LogP contribution in [0, 0.1) is 12.8 Å². The van der Waals surface area contributed by atoms with Crippen molar-refractivity contribution in [2.75, 3.05) is 20.6 Å². The molecule has 2 aliphatic rings. The van der Waals surface area contributed by atoms with Crippen molar-refractivity contribution in [3.63, 3.8) is 0 Å². The van der Waals surface area contributed by atoms with Crippen LogP contribution in [0.1, 0.15) is 36.4 Å².